The quantitative estimate of drug-likeness (QED) is 0.840. The van der Waals surface area contributed by atoms with Gasteiger partial charge in [-0.3, -0.25) is 0 Å². The summed E-state index contributed by atoms with van der Waals surface area (Å²) >= 11 is 5.92. The largest absolute Gasteiger partial charge is 0.476 e. The summed E-state index contributed by atoms with van der Waals surface area (Å²) in [5.41, 5.74) is 6.21. The molecule has 1 aromatic heterocycles. The SMILES string of the molecule is CN(CCOc1ccc(Cl)c(CN)n1)C1CC1. The summed E-state index contributed by atoms with van der Waals surface area (Å²) in [5, 5.41) is 0.593. The van der Waals surface area contributed by atoms with E-state index in [1.54, 1.807) is 12.1 Å². The molecule has 0 unspecified atom stereocenters. The Kier molecular flexibility index (Phi) is 4.20. The Bertz CT molecular complexity index is 382. The highest BCUT2D eigenvalue weighted by atomic mass is 35.5. The van der Waals surface area contributed by atoms with Crippen LogP contribution in [0.25, 0.3) is 0 Å². The van der Waals surface area contributed by atoms with Crippen molar-refractivity contribution >= 4 is 11.6 Å². The number of rotatable bonds is 6. The molecule has 1 heterocycles. The second kappa shape index (κ2) is 5.67. The average Bonchev–Trinajstić information content (AvgIpc) is 3.15. The van der Waals surface area contributed by atoms with Crippen molar-refractivity contribution in [1.29, 1.82) is 0 Å². The van der Waals surface area contributed by atoms with Gasteiger partial charge in [0.05, 0.1) is 10.7 Å². The van der Waals surface area contributed by atoms with Gasteiger partial charge in [0.25, 0.3) is 0 Å². The van der Waals surface area contributed by atoms with Crippen LogP contribution in [0.15, 0.2) is 12.1 Å². The summed E-state index contributed by atoms with van der Waals surface area (Å²) in [6, 6.07) is 4.31. The van der Waals surface area contributed by atoms with Gasteiger partial charge in [-0.2, -0.15) is 0 Å². The van der Waals surface area contributed by atoms with Crippen molar-refractivity contribution in [3.63, 3.8) is 0 Å². The number of hydrogen-bond donors (Lipinski definition) is 1. The molecule has 94 valence electrons. The molecule has 17 heavy (non-hydrogen) atoms. The Morgan fingerprint density at radius 3 is 2.94 bits per heavy atom. The van der Waals surface area contributed by atoms with Crippen LogP contribution in [0.3, 0.4) is 0 Å². The number of nitrogens with zero attached hydrogens (tertiary/aromatic N) is 2. The molecular formula is C12H18ClN3O. The molecule has 0 aromatic carbocycles. The third kappa shape index (κ3) is 3.56. The summed E-state index contributed by atoms with van der Waals surface area (Å²) in [4.78, 5) is 6.57. The van der Waals surface area contributed by atoms with Crippen molar-refractivity contribution in [2.75, 3.05) is 20.2 Å². The first-order valence-corrected chi connectivity index (χ1v) is 6.27. The molecule has 5 heteroatoms. The van der Waals surface area contributed by atoms with Gasteiger partial charge in [0.2, 0.25) is 5.88 Å². The topological polar surface area (TPSA) is 51.4 Å². The van der Waals surface area contributed by atoms with E-state index in [0.717, 1.165) is 12.6 Å². The Labute approximate surface area is 107 Å². The third-order valence-electron chi connectivity index (χ3n) is 2.95. The Hall–Kier alpha value is -0.840. The van der Waals surface area contributed by atoms with Crippen LogP contribution in [0, 0.1) is 0 Å². The van der Waals surface area contributed by atoms with Crippen LogP contribution < -0.4 is 10.5 Å². The standard InChI is InChI=1S/C12H18ClN3O/c1-16(9-2-3-9)6-7-17-12-5-4-10(13)11(8-14)15-12/h4-5,9H,2-3,6-8,14H2,1H3. The zero-order valence-corrected chi connectivity index (χ0v) is 10.8. The van der Waals surface area contributed by atoms with Gasteiger partial charge in [0.1, 0.15) is 6.61 Å². The van der Waals surface area contributed by atoms with Gasteiger partial charge in [0, 0.05) is 25.2 Å². The lowest BCUT2D eigenvalue weighted by atomic mass is 10.3. The minimum atomic E-state index is 0.331. The van der Waals surface area contributed by atoms with Crippen LogP contribution in [0.4, 0.5) is 0 Å². The molecule has 0 aliphatic heterocycles. The van der Waals surface area contributed by atoms with Crippen molar-refractivity contribution in [1.82, 2.24) is 9.88 Å². The average molecular weight is 256 g/mol. The monoisotopic (exact) mass is 255 g/mol. The molecule has 0 spiro atoms. The maximum Gasteiger partial charge on any atom is 0.213 e. The first-order valence-electron chi connectivity index (χ1n) is 5.89. The molecule has 0 amide bonds. The van der Waals surface area contributed by atoms with Crippen LogP contribution in [0.1, 0.15) is 18.5 Å². The number of halogens is 1. The molecule has 0 bridgehead atoms. The summed E-state index contributed by atoms with van der Waals surface area (Å²) in [6.07, 6.45) is 2.63. The fraction of sp³-hybridized carbons (Fsp3) is 0.583. The van der Waals surface area contributed by atoms with Crippen LogP contribution in [-0.4, -0.2) is 36.1 Å². The lowest BCUT2D eigenvalue weighted by Crippen LogP contribution is -2.26. The molecule has 0 radical (unpaired) electrons. The van der Waals surface area contributed by atoms with Crippen LogP contribution in [-0.2, 0) is 6.54 Å². The highest BCUT2D eigenvalue weighted by Crippen LogP contribution is 2.24. The Morgan fingerprint density at radius 2 is 2.29 bits per heavy atom. The predicted octanol–water partition coefficient (Wildman–Crippen LogP) is 1.67. The van der Waals surface area contributed by atoms with Crippen molar-refractivity contribution in [2.24, 2.45) is 5.73 Å². The van der Waals surface area contributed by atoms with Gasteiger partial charge in [0.15, 0.2) is 0 Å². The van der Waals surface area contributed by atoms with E-state index in [1.807, 2.05) is 0 Å². The lowest BCUT2D eigenvalue weighted by molar-refractivity contribution is 0.226. The summed E-state index contributed by atoms with van der Waals surface area (Å²) in [7, 11) is 2.13. The summed E-state index contributed by atoms with van der Waals surface area (Å²) in [6.45, 7) is 1.90. The molecule has 2 rings (SSSR count). The first kappa shape index (κ1) is 12.6. The van der Waals surface area contributed by atoms with E-state index in [2.05, 4.69) is 16.9 Å². The van der Waals surface area contributed by atoms with Crippen molar-refractivity contribution in [3.8, 4) is 5.88 Å². The Balaban J connectivity index is 1.81. The molecule has 1 aliphatic rings. The summed E-state index contributed by atoms with van der Waals surface area (Å²) < 4.78 is 5.59. The molecule has 1 saturated carbocycles. The predicted molar refractivity (Wildman–Crippen MR) is 68.3 cm³/mol. The van der Waals surface area contributed by atoms with E-state index in [1.165, 1.54) is 12.8 Å². The zero-order valence-electron chi connectivity index (χ0n) is 10.0. The highest BCUT2D eigenvalue weighted by molar-refractivity contribution is 6.31. The molecule has 1 aromatic rings. The van der Waals surface area contributed by atoms with E-state index in [0.29, 0.717) is 29.7 Å². The lowest BCUT2D eigenvalue weighted by Gasteiger charge is -2.15. The molecule has 1 aliphatic carbocycles. The van der Waals surface area contributed by atoms with Crippen molar-refractivity contribution in [3.05, 3.63) is 22.8 Å². The van der Waals surface area contributed by atoms with E-state index in [9.17, 15) is 0 Å². The van der Waals surface area contributed by atoms with Gasteiger partial charge in [-0.05, 0) is 26.0 Å². The second-order valence-electron chi connectivity index (χ2n) is 4.34. The number of nitrogens with two attached hydrogens (primary N) is 1. The van der Waals surface area contributed by atoms with E-state index in [-0.39, 0.29) is 0 Å². The van der Waals surface area contributed by atoms with E-state index in [4.69, 9.17) is 22.1 Å². The number of likely N-dealkylation sites (N-methyl/N-ethyl adjacent to an activating group) is 1. The first-order chi connectivity index (χ1) is 8.20. The highest BCUT2D eigenvalue weighted by Gasteiger charge is 2.25. The van der Waals surface area contributed by atoms with Crippen molar-refractivity contribution in [2.45, 2.75) is 25.4 Å². The second-order valence-corrected chi connectivity index (χ2v) is 4.75. The number of ether oxygens (including phenoxy) is 1. The smallest absolute Gasteiger partial charge is 0.213 e. The number of hydrogen-bond acceptors (Lipinski definition) is 4. The van der Waals surface area contributed by atoms with Gasteiger partial charge in [-0.25, -0.2) is 4.98 Å². The molecule has 4 nitrogen and oxygen atoms in total. The fourth-order valence-electron chi connectivity index (χ4n) is 1.68. The van der Waals surface area contributed by atoms with Gasteiger partial charge < -0.3 is 15.4 Å². The van der Waals surface area contributed by atoms with E-state index >= 15 is 0 Å². The normalized spacial score (nSPS) is 15.3. The Morgan fingerprint density at radius 1 is 1.53 bits per heavy atom. The summed E-state index contributed by atoms with van der Waals surface area (Å²) in [5.74, 6) is 0.596. The molecule has 0 atom stereocenters. The van der Waals surface area contributed by atoms with Crippen LogP contribution >= 0.6 is 11.6 Å². The minimum absolute atomic E-state index is 0.331. The van der Waals surface area contributed by atoms with Crippen molar-refractivity contribution < 1.29 is 4.74 Å². The van der Waals surface area contributed by atoms with E-state index < -0.39 is 0 Å². The zero-order chi connectivity index (χ0) is 12.3. The maximum atomic E-state index is 5.92. The van der Waals surface area contributed by atoms with Gasteiger partial charge in [-0.15, -0.1) is 0 Å². The molecule has 2 N–H and O–H groups in total. The fourth-order valence-corrected chi connectivity index (χ4v) is 1.86. The molecule has 0 saturated heterocycles. The maximum absolute atomic E-state index is 5.92. The minimum Gasteiger partial charge on any atom is -0.476 e. The molecular weight excluding hydrogens is 238 g/mol. The van der Waals surface area contributed by atoms with Crippen LogP contribution in [0.5, 0.6) is 5.88 Å². The third-order valence-corrected chi connectivity index (χ3v) is 3.29. The number of aromatic nitrogens is 1. The number of pyridine rings is 1. The van der Waals surface area contributed by atoms with Crippen LogP contribution in [0.2, 0.25) is 5.02 Å². The van der Waals surface area contributed by atoms with Gasteiger partial charge in [-0.1, -0.05) is 11.6 Å². The van der Waals surface area contributed by atoms with Gasteiger partial charge >= 0.3 is 0 Å². The molecule has 1 fully saturated rings.